The molecule has 1 heterocycles. The highest BCUT2D eigenvalue weighted by atomic mass is 35.5. The van der Waals surface area contributed by atoms with Crippen molar-refractivity contribution in [2.24, 2.45) is 10.9 Å². The third-order valence-electron chi connectivity index (χ3n) is 3.58. The molecule has 1 saturated heterocycles. The smallest absolute Gasteiger partial charge is 0.172 e. The number of oxime groups is 1. The number of halogens is 1. The van der Waals surface area contributed by atoms with Crippen LogP contribution in [0.5, 0.6) is 0 Å². The van der Waals surface area contributed by atoms with Crippen LogP contribution in [-0.2, 0) is 0 Å². The second kappa shape index (κ2) is 5.67. The molecule has 0 radical (unpaired) electrons. The van der Waals surface area contributed by atoms with Gasteiger partial charge in [-0.3, -0.25) is 0 Å². The highest BCUT2D eigenvalue weighted by molar-refractivity contribution is 6.31. The molecule has 1 fully saturated rings. The zero-order chi connectivity index (χ0) is 14.0. The zero-order valence-corrected chi connectivity index (χ0v) is 11.9. The van der Waals surface area contributed by atoms with Crippen LogP contribution >= 0.6 is 11.6 Å². The maximum Gasteiger partial charge on any atom is 0.172 e. The molecule has 0 amide bonds. The first kappa shape index (κ1) is 14.0. The van der Waals surface area contributed by atoms with Crippen LogP contribution in [0.3, 0.4) is 0 Å². The van der Waals surface area contributed by atoms with E-state index in [9.17, 15) is 0 Å². The summed E-state index contributed by atoms with van der Waals surface area (Å²) < 4.78 is 0. The summed E-state index contributed by atoms with van der Waals surface area (Å²) in [6.07, 6.45) is 1.09. The van der Waals surface area contributed by atoms with E-state index in [2.05, 4.69) is 29.1 Å². The number of benzene rings is 1. The van der Waals surface area contributed by atoms with E-state index < -0.39 is 0 Å². The highest BCUT2D eigenvalue weighted by Crippen LogP contribution is 2.28. The van der Waals surface area contributed by atoms with Gasteiger partial charge in [-0.05, 0) is 38.7 Å². The number of rotatable bonds is 3. The second-order valence-electron chi connectivity index (χ2n) is 5.00. The predicted octanol–water partition coefficient (Wildman–Crippen LogP) is 1.57. The quantitative estimate of drug-likeness (QED) is 0.382. The minimum absolute atomic E-state index is 0.111. The van der Waals surface area contributed by atoms with Crippen molar-refractivity contribution in [3.8, 4) is 0 Å². The lowest BCUT2D eigenvalue weighted by Crippen LogP contribution is -2.32. The molecule has 0 bridgehead atoms. The van der Waals surface area contributed by atoms with Crippen LogP contribution in [0.2, 0.25) is 5.02 Å². The topological polar surface area (TPSA) is 65.1 Å². The van der Waals surface area contributed by atoms with Gasteiger partial charge in [-0.15, -0.1) is 0 Å². The lowest BCUT2D eigenvalue weighted by atomic mass is 10.1. The third kappa shape index (κ3) is 2.93. The Labute approximate surface area is 118 Å². The summed E-state index contributed by atoms with van der Waals surface area (Å²) in [4.78, 5) is 4.44. The molecular formula is C13H19ClN4O. The average molecular weight is 283 g/mol. The van der Waals surface area contributed by atoms with Crippen LogP contribution < -0.4 is 10.6 Å². The van der Waals surface area contributed by atoms with E-state index in [-0.39, 0.29) is 5.84 Å². The summed E-state index contributed by atoms with van der Waals surface area (Å²) in [6.45, 7) is 1.86. The fourth-order valence-corrected chi connectivity index (χ4v) is 2.59. The van der Waals surface area contributed by atoms with Crippen molar-refractivity contribution in [3.05, 3.63) is 28.8 Å². The summed E-state index contributed by atoms with van der Waals surface area (Å²) in [5.74, 6) is 0.111. The van der Waals surface area contributed by atoms with Crippen molar-refractivity contribution >= 4 is 23.1 Å². The number of hydrogen-bond acceptors (Lipinski definition) is 4. The van der Waals surface area contributed by atoms with Crippen LogP contribution in [0, 0.1) is 0 Å². The number of hydrogen-bond donors (Lipinski definition) is 2. The van der Waals surface area contributed by atoms with E-state index in [1.807, 2.05) is 6.07 Å². The van der Waals surface area contributed by atoms with Gasteiger partial charge in [0.05, 0.1) is 0 Å². The summed E-state index contributed by atoms with van der Waals surface area (Å²) in [7, 11) is 4.16. The average Bonchev–Trinajstić information content (AvgIpc) is 2.87. The van der Waals surface area contributed by atoms with Crippen LogP contribution in [0.1, 0.15) is 12.0 Å². The Balaban J connectivity index is 2.31. The Morgan fingerprint density at radius 2 is 2.26 bits per heavy atom. The molecule has 1 aromatic rings. The number of anilines is 1. The molecule has 104 valence electrons. The van der Waals surface area contributed by atoms with E-state index >= 15 is 0 Å². The van der Waals surface area contributed by atoms with Crippen LogP contribution in [0.4, 0.5) is 5.69 Å². The van der Waals surface area contributed by atoms with E-state index in [1.165, 1.54) is 0 Å². The fourth-order valence-electron chi connectivity index (χ4n) is 2.42. The van der Waals surface area contributed by atoms with Gasteiger partial charge in [0.1, 0.15) is 0 Å². The van der Waals surface area contributed by atoms with Crippen LogP contribution in [0.25, 0.3) is 0 Å². The van der Waals surface area contributed by atoms with Crippen molar-refractivity contribution < 1.29 is 5.21 Å². The molecule has 2 rings (SSSR count). The second-order valence-corrected chi connectivity index (χ2v) is 5.44. The first-order valence-electron chi connectivity index (χ1n) is 6.21. The molecule has 1 atom stereocenters. The van der Waals surface area contributed by atoms with E-state index in [0.717, 1.165) is 25.2 Å². The standard InChI is InChI=1S/C13H19ClN4O/c1-17(2)10-5-6-18(8-10)12-7-9(14)3-4-11(12)13(15)16-19/h3-4,7,10,19H,5-6,8H2,1-2H3,(H2,15,16). The Kier molecular flexibility index (Phi) is 4.17. The van der Waals surface area contributed by atoms with Crippen LogP contribution in [-0.4, -0.2) is 49.2 Å². The molecule has 0 spiro atoms. The van der Waals surface area contributed by atoms with Gasteiger partial charge in [0.2, 0.25) is 0 Å². The van der Waals surface area contributed by atoms with Crippen molar-refractivity contribution in [1.82, 2.24) is 4.90 Å². The SMILES string of the molecule is CN(C)C1CCN(c2cc(Cl)ccc2/C(N)=N/O)C1. The highest BCUT2D eigenvalue weighted by Gasteiger charge is 2.26. The van der Waals surface area contributed by atoms with Crippen molar-refractivity contribution in [1.29, 1.82) is 0 Å². The summed E-state index contributed by atoms with van der Waals surface area (Å²) in [5, 5.41) is 12.6. The van der Waals surface area contributed by atoms with Gasteiger partial charge in [0.25, 0.3) is 0 Å². The van der Waals surface area contributed by atoms with Gasteiger partial charge in [-0.2, -0.15) is 0 Å². The number of likely N-dealkylation sites (N-methyl/N-ethyl adjacent to an activating group) is 1. The summed E-state index contributed by atoms with van der Waals surface area (Å²) in [5.41, 5.74) is 7.36. The first-order chi connectivity index (χ1) is 9.02. The number of nitrogens with two attached hydrogens (primary N) is 1. The van der Waals surface area contributed by atoms with Gasteiger partial charge in [-0.1, -0.05) is 16.8 Å². The molecular weight excluding hydrogens is 264 g/mol. The van der Waals surface area contributed by atoms with E-state index in [4.69, 9.17) is 22.5 Å². The molecule has 19 heavy (non-hydrogen) atoms. The molecule has 0 saturated carbocycles. The largest absolute Gasteiger partial charge is 0.409 e. The Morgan fingerprint density at radius 1 is 1.53 bits per heavy atom. The maximum absolute atomic E-state index is 8.87. The molecule has 1 aliphatic rings. The Hall–Kier alpha value is -1.46. The summed E-state index contributed by atoms with van der Waals surface area (Å²) in [6, 6.07) is 5.92. The molecule has 5 nitrogen and oxygen atoms in total. The predicted molar refractivity (Wildman–Crippen MR) is 78.3 cm³/mol. The first-order valence-corrected chi connectivity index (χ1v) is 6.59. The molecule has 0 aromatic heterocycles. The normalized spacial score (nSPS) is 20.3. The molecule has 1 unspecified atom stereocenters. The lowest BCUT2D eigenvalue weighted by Gasteiger charge is -2.24. The lowest BCUT2D eigenvalue weighted by molar-refractivity contribution is 0.315. The molecule has 6 heteroatoms. The molecule has 3 N–H and O–H groups in total. The Morgan fingerprint density at radius 3 is 2.84 bits per heavy atom. The minimum atomic E-state index is 0.111. The van der Waals surface area contributed by atoms with Crippen molar-refractivity contribution in [2.75, 3.05) is 32.1 Å². The van der Waals surface area contributed by atoms with E-state index in [0.29, 0.717) is 16.6 Å². The van der Waals surface area contributed by atoms with Gasteiger partial charge < -0.3 is 20.7 Å². The van der Waals surface area contributed by atoms with Crippen LogP contribution in [0.15, 0.2) is 23.4 Å². The maximum atomic E-state index is 8.87. The molecule has 1 aromatic carbocycles. The van der Waals surface area contributed by atoms with Crippen molar-refractivity contribution in [2.45, 2.75) is 12.5 Å². The summed E-state index contributed by atoms with van der Waals surface area (Å²) >= 11 is 6.06. The van der Waals surface area contributed by atoms with Gasteiger partial charge in [-0.25, -0.2) is 0 Å². The number of nitrogens with zero attached hydrogens (tertiary/aromatic N) is 3. The van der Waals surface area contributed by atoms with Gasteiger partial charge in [0.15, 0.2) is 5.84 Å². The number of amidine groups is 1. The minimum Gasteiger partial charge on any atom is -0.409 e. The van der Waals surface area contributed by atoms with Gasteiger partial charge in [0, 0.05) is 35.4 Å². The van der Waals surface area contributed by atoms with Crippen molar-refractivity contribution in [3.63, 3.8) is 0 Å². The Bertz CT molecular complexity index is 490. The molecule has 0 aliphatic carbocycles. The third-order valence-corrected chi connectivity index (χ3v) is 3.81. The van der Waals surface area contributed by atoms with E-state index in [1.54, 1.807) is 12.1 Å². The zero-order valence-electron chi connectivity index (χ0n) is 11.2. The molecule has 1 aliphatic heterocycles. The van der Waals surface area contributed by atoms with Gasteiger partial charge >= 0.3 is 0 Å². The fraction of sp³-hybridized carbons (Fsp3) is 0.462. The monoisotopic (exact) mass is 282 g/mol.